The molecule has 0 aliphatic rings. The zero-order valence-corrected chi connectivity index (χ0v) is 12.2. The Labute approximate surface area is 121 Å². The van der Waals surface area contributed by atoms with Crippen LogP contribution in [0.4, 0.5) is 14.9 Å². The molecule has 110 valence electrons. The first-order valence-electron chi connectivity index (χ1n) is 5.86. The maximum atomic E-state index is 12.9. The second kappa shape index (κ2) is 6.09. The Morgan fingerprint density at radius 3 is 2.45 bits per heavy atom. The molecule has 0 aromatic heterocycles. The fourth-order valence-electron chi connectivity index (χ4n) is 1.52. The molecule has 2 amide bonds. The molecule has 1 aromatic rings. The first-order chi connectivity index (χ1) is 9.11. The van der Waals surface area contributed by atoms with Gasteiger partial charge < -0.3 is 15.3 Å². The molecule has 0 bridgehead atoms. The number of carboxylic acids is 1. The second-order valence-electron chi connectivity index (χ2n) is 5.21. The van der Waals surface area contributed by atoms with Crippen molar-refractivity contribution in [2.45, 2.75) is 26.3 Å². The molecule has 0 fully saturated rings. The summed E-state index contributed by atoms with van der Waals surface area (Å²) in [5, 5.41) is 11.4. The number of carbonyl (C=O) groups excluding carboxylic acids is 1. The summed E-state index contributed by atoms with van der Waals surface area (Å²) in [4.78, 5) is 24.1. The SMILES string of the molecule is CC(C)(C)N(CC(=O)O)C(=O)Nc1ccc(F)cc1Cl. The van der Waals surface area contributed by atoms with Crippen molar-refractivity contribution >= 4 is 29.3 Å². The van der Waals surface area contributed by atoms with E-state index in [4.69, 9.17) is 16.7 Å². The van der Waals surface area contributed by atoms with Crippen LogP contribution in [0.25, 0.3) is 0 Å². The Hall–Kier alpha value is -1.82. The number of halogens is 2. The van der Waals surface area contributed by atoms with Crippen LogP contribution in [-0.4, -0.2) is 34.1 Å². The summed E-state index contributed by atoms with van der Waals surface area (Å²) in [6.45, 7) is 4.68. The number of hydrogen-bond donors (Lipinski definition) is 2. The van der Waals surface area contributed by atoms with Crippen molar-refractivity contribution in [3.05, 3.63) is 29.0 Å². The summed E-state index contributed by atoms with van der Waals surface area (Å²) in [7, 11) is 0. The number of nitrogens with zero attached hydrogens (tertiary/aromatic N) is 1. The predicted molar refractivity (Wildman–Crippen MR) is 74.5 cm³/mol. The van der Waals surface area contributed by atoms with E-state index in [0.717, 1.165) is 17.0 Å². The number of nitrogens with one attached hydrogen (secondary N) is 1. The molecule has 0 spiro atoms. The van der Waals surface area contributed by atoms with E-state index in [1.807, 2.05) is 0 Å². The lowest BCUT2D eigenvalue weighted by atomic mass is 10.1. The van der Waals surface area contributed by atoms with Gasteiger partial charge in [-0.15, -0.1) is 0 Å². The number of benzene rings is 1. The summed E-state index contributed by atoms with van der Waals surface area (Å²) < 4.78 is 12.9. The molecule has 0 atom stereocenters. The van der Waals surface area contributed by atoms with Gasteiger partial charge in [0, 0.05) is 5.54 Å². The molecule has 7 heteroatoms. The number of urea groups is 1. The van der Waals surface area contributed by atoms with Gasteiger partial charge in [-0.05, 0) is 39.0 Å². The minimum Gasteiger partial charge on any atom is -0.480 e. The summed E-state index contributed by atoms with van der Waals surface area (Å²) >= 11 is 5.81. The van der Waals surface area contributed by atoms with Gasteiger partial charge in [-0.1, -0.05) is 11.6 Å². The van der Waals surface area contributed by atoms with Crippen molar-refractivity contribution in [1.82, 2.24) is 4.90 Å². The lowest BCUT2D eigenvalue weighted by Gasteiger charge is -2.34. The summed E-state index contributed by atoms with van der Waals surface area (Å²) in [5.41, 5.74) is -0.465. The van der Waals surface area contributed by atoms with E-state index < -0.39 is 29.9 Å². The van der Waals surface area contributed by atoms with Gasteiger partial charge in [-0.25, -0.2) is 9.18 Å². The minimum atomic E-state index is -1.12. The maximum absolute atomic E-state index is 12.9. The highest BCUT2D eigenvalue weighted by Gasteiger charge is 2.28. The fraction of sp³-hybridized carbons (Fsp3) is 0.385. The normalized spacial score (nSPS) is 11.1. The number of hydrogen-bond acceptors (Lipinski definition) is 2. The van der Waals surface area contributed by atoms with E-state index in [2.05, 4.69) is 5.32 Å². The van der Waals surface area contributed by atoms with Gasteiger partial charge >= 0.3 is 12.0 Å². The summed E-state index contributed by atoms with van der Waals surface area (Å²) in [5.74, 6) is -1.65. The van der Waals surface area contributed by atoms with E-state index in [9.17, 15) is 14.0 Å². The number of aliphatic carboxylic acids is 1. The molecule has 0 heterocycles. The number of amides is 2. The van der Waals surface area contributed by atoms with Gasteiger partial charge in [-0.3, -0.25) is 4.79 Å². The molecule has 0 radical (unpaired) electrons. The van der Waals surface area contributed by atoms with Crippen molar-refractivity contribution in [3.63, 3.8) is 0 Å². The molecule has 5 nitrogen and oxygen atoms in total. The number of carboxylic acid groups (broad SMARTS) is 1. The van der Waals surface area contributed by atoms with E-state index in [1.165, 1.54) is 6.07 Å². The van der Waals surface area contributed by atoms with Gasteiger partial charge in [0.15, 0.2) is 0 Å². The van der Waals surface area contributed by atoms with E-state index in [-0.39, 0.29) is 10.7 Å². The third-order valence-electron chi connectivity index (χ3n) is 2.52. The van der Waals surface area contributed by atoms with Crippen LogP contribution >= 0.6 is 11.6 Å². The molecule has 20 heavy (non-hydrogen) atoms. The number of rotatable bonds is 3. The minimum absolute atomic E-state index is 0.0440. The predicted octanol–water partition coefficient (Wildman–Crippen LogP) is 3.20. The average molecular weight is 303 g/mol. The van der Waals surface area contributed by atoms with Crippen LogP contribution in [0, 0.1) is 5.82 Å². The zero-order valence-electron chi connectivity index (χ0n) is 11.4. The Kier molecular flexibility index (Phi) is 4.94. The smallest absolute Gasteiger partial charge is 0.323 e. The standard InChI is InChI=1S/C13H16ClFN2O3/c1-13(2,3)17(7-11(18)19)12(20)16-10-5-4-8(15)6-9(10)14/h4-6H,7H2,1-3H3,(H,16,20)(H,18,19). The van der Waals surface area contributed by atoms with Gasteiger partial charge in [0.05, 0.1) is 10.7 Å². The topological polar surface area (TPSA) is 69.6 Å². The Morgan fingerprint density at radius 1 is 1.40 bits per heavy atom. The first-order valence-corrected chi connectivity index (χ1v) is 6.24. The first kappa shape index (κ1) is 16.2. The van der Waals surface area contributed by atoms with E-state index in [1.54, 1.807) is 20.8 Å². The average Bonchev–Trinajstić information content (AvgIpc) is 2.28. The van der Waals surface area contributed by atoms with E-state index in [0.29, 0.717) is 0 Å². The van der Waals surface area contributed by atoms with E-state index >= 15 is 0 Å². The third kappa shape index (κ3) is 4.38. The molecule has 0 saturated carbocycles. The summed E-state index contributed by atoms with van der Waals surface area (Å²) in [6, 6.07) is 2.92. The third-order valence-corrected chi connectivity index (χ3v) is 2.83. The highest BCUT2D eigenvalue weighted by Crippen LogP contribution is 2.24. The molecule has 0 unspecified atom stereocenters. The lowest BCUT2D eigenvalue weighted by molar-refractivity contribution is -0.138. The molecule has 0 aliphatic carbocycles. The van der Waals surface area contributed by atoms with Gasteiger partial charge in [-0.2, -0.15) is 0 Å². The van der Waals surface area contributed by atoms with Gasteiger partial charge in [0.25, 0.3) is 0 Å². The van der Waals surface area contributed by atoms with Crippen molar-refractivity contribution in [2.24, 2.45) is 0 Å². The maximum Gasteiger partial charge on any atom is 0.323 e. The molecular formula is C13H16ClFN2O3. The Morgan fingerprint density at radius 2 is 2.00 bits per heavy atom. The molecule has 0 saturated heterocycles. The highest BCUT2D eigenvalue weighted by atomic mass is 35.5. The quantitative estimate of drug-likeness (QED) is 0.901. The summed E-state index contributed by atoms with van der Waals surface area (Å²) in [6.07, 6.45) is 0. The van der Waals surface area contributed by atoms with Crippen LogP contribution < -0.4 is 5.32 Å². The van der Waals surface area contributed by atoms with Gasteiger partial charge in [0.2, 0.25) is 0 Å². The van der Waals surface area contributed by atoms with Crippen LogP contribution in [0.3, 0.4) is 0 Å². The van der Waals surface area contributed by atoms with Crippen molar-refractivity contribution in [3.8, 4) is 0 Å². The van der Waals surface area contributed by atoms with Crippen molar-refractivity contribution in [1.29, 1.82) is 0 Å². The molecule has 1 rings (SSSR count). The van der Waals surface area contributed by atoms with Crippen LogP contribution in [0.2, 0.25) is 5.02 Å². The van der Waals surface area contributed by atoms with Crippen LogP contribution in [0.1, 0.15) is 20.8 Å². The second-order valence-corrected chi connectivity index (χ2v) is 5.61. The fourth-order valence-corrected chi connectivity index (χ4v) is 1.74. The monoisotopic (exact) mass is 302 g/mol. The van der Waals surface area contributed by atoms with Crippen molar-refractivity contribution < 1.29 is 19.1 Å². The van der Waals surface area contributed by atoms with Crippen LogP contribution in [0.5, 0.6) is 0 Å². The zero-order chi connectivity index (χ0) is 15.5. The molecule has 0 aliphatic heterocycles. The largest absolute Gasteiger partial charge is 0.480 e. The van der Waals surface area contributed by atoms with Gasteiger partial charge in [0.1, 0.15) is 12.4 Å². The molecule has 1 aromatic carbocycles. The van der Waals surface area contributed by atoms with Crippen LogP contribution in [-0.2, 0) is 4.79 Å². The molecular weight excluding hydrogens is 287 g/mol. The Balaban J connectivity index is 2.93. The highest BCUT2D eigenvalue weighted by molar-refractivity contribution is 6.33. The van der Waals surface area contributed by atoms with Crippen LogP contribution in [0.15, 0.2) is 18.2 Å². The number of anilines is 1. The molecule has 2 N–H and O–H groups in total. The van der Waals surface area contributed by atoms with Crippen molar-refractivity contribution in [2.75, 3.05) is 11.9 Å². The number of carbonyl (C=O) groups is 2. The Bertz CT molecular complexity index is 529. The lowest BCUT2D eigenvalue weighted by Crippen LogP contribution is -2.50.